The largest absolute Gasteiger partial charge is 0.460 e. The van der Waals surface area contributed by atoms with Gasteiger partial charge < -0.3 is 4.74 Å². The van der Waals surface area contributed by atoms with Gasteiger partial charge >= 0.3 is 5.97 Å². The van der Waals surface area contributed by atoms with E-state index in [-0.39, 0.29) is 12.2 Å². The summed E-state index contributed by atoms with van der Waals surface area (Å²) in [5.74, 6) is -1.50. The first-order chi connectivity index (χ1) is 8.63. The second-order valence-electron chi connectivity index (χ2n) is 4.36. The fraction of sp³-hybridized carbons (Fsp3) is 0.429. The highest BCUT2D eigenvalue weighted by molar-refractivity contribution is 6.45. The van der Waals surface area contributed by atoms with Crippen LogP contribution in [-0.4, -0.2) is 18.4 Å². The Morgan fingerprint density at radius 1 is 1.22 bits per heavy atom. The average molecular weight is 267 g/mol. The van der Waals surface area contributed by atoms with Gasteiger partial charge in [0.15, 0.2) is 0 Å². The molecule has 0 fully saturated rings. The molecule has 0 spiro atoms. The van der Waals surface area contributed by atoms with Crippen LogP contribution >= 0.6 is 11.6 Å². The van der Waals surface area contributed by atoms with Crippen LogP contribution in [0.5, 0.6) is 0 Å². The monoisotopic (exact) mass is 266 g/mol. The van der Waals surface area contributed by atoms with Gasteiger partial charge in [0.05, 0.1) is 11.6 Å². The van der Waals surface area contributed by atoms with E-state index in [4.69, 9.17) is 16.3 Å². The Hall–Kier alpha value is -1.35. The molecule has 4 heteroatoms. The molecular formula is C14H15ClO3. The minimum absolute atomic E-state index is 0.188. The van der Waals surface area contributed by atoms with Gasteiger partial charge in [-0.3, -0.25) is 4.79 Å². The fourth-order valence-electron chi connectivity index (χ4n) is 2.24. The molecule has 0 saturated carbocycles. The lowest BCUT2D eigenvalue weighted by Crippen LogP contribution is -2.19. The van der Waals surface area contributed by atoms with E-state index in [2.05, 4.69) is 0 Å². The molecule has 2 rings (SSSR count). The normalized spacial score (nSPS) is 13.9. The third-order valence-corrected chi connectivity index (χ3v) is 3.45. The summed E-state index contributed by atoms with van der Waals surface area (Å²) in [4.78, 5) is 23.3. The lowest BCUT2D eigenvalue weighted by molar-refractivity contribution is -0.137. The Morgan fingerprint density at radius 2 is 1.83 bits per heavy atom. The van der Waals surface area contributed by atoms with Crippen molar-refractivity contribution in [2.75, 3.05) is 6.61 Å². The summed E-state index contributed by atoms with van der Waals surface area (Å²) in [6.07, 6.45) is 4.19. The number of ketones is 1. The van der Waals surface area contributed by atoms with Crippen LogP contribution in [0.2, 0.25) is 5.02 Å². The Kier molecular flexibility index (Phi) is 4.02. The molecule has 0 bridgehead atoms. The molecule has 0 unspecified atom stereocenters. The topological polar surface area (TPSA) is 43.4 Å². The third-order valence-electron chi connectivity index (χ3n) is 3.14. The Morgan fingerprint density at radius 3 is 2.44 bits per heavy atom. The maximum atomic E-state index is 11.9. The van der Waals surface area contributed by atoms with Gasteiger partial charge in [0.1, 0.15) is 0 Å². The van der Waals surface area contributed by atoms with Crippen molar-refractivity contribution in [3.05, 3.63) is 33.8 Å². The van der Waals surface area contributed by atoms with Crippen molar-refractivity contribution in [1.82, 2.24) is 0 Å². The third kappa shape index (κ3) is 2.56. The maximum absolute atomic E-state index is 11.9. The SMILES string of the molecule is CCOC(=O)C(=O)c1cc2c(cc1Cl)CCCC2. The summed E-state index contributed by atoms with van der Waals surface area (Å²) >= 11 is 6.07. The highest BCUT2D eigenvalue weighted by Gasteiger charge is 2.22. The van der Waals surface area contributed by atoms with Gasteiger partial charge in [-0.25, -0.2) is 4.79 Å². The summed E-state index contributed by atoms with van der Waals surface area (Å²) < 4.78 is 4.71. The van der Waals surface area contributed by atoms with Crippen LogP contribution in [0.15, 0.2) is 12.1 Å². The molecule has 0 heterocycles. The molecule has 0 aromatic heterocycles. The van der Waals surface area contributed by atoms with Crippen LogP contribution < -0.4 is 0 Å². The van der Waals surface area contributed by atoms with E-state index in [1.165, 1.54) is 5.56 Å². The van der Waals surface area contributed by atoms with Crippen LogP contribution in [-0.2, 0) is 22.4 Å². The average Bonchev–Trinajstić information content (AvgIpc) is 2.37. The molecular weight excluding hydrogens is 252 g/mol. The van der Waals surface area contributed by atoms with E-state index in [1.54, 1.807) is 13.0 Å². The molecule has 0 N–H and O–H groups in total. The molecule has 0 saturated heterocycles. The standard InChI is InChI=1S/C14H15ClO3/c1-2-18-14(17)13(16)11-7-9-5-3-4-6-10(9)8-12(11)15/h7-8H,2-6H2,1H3. The van der Waals surface area contributed by atoms with E-state index in [0.717, 1.165) is 31.2 Å². The predicted molar refractivity (Wildman–Crippen MR) is 69.1 cm³/mol. The van der Waals surface area contributed by atoms with Gasteiger partial charge in [0.25, 0.3) is 5.78 Å². The smallest absolute Gasteiger partial charge is 0.379 e. The lowest BCUT2D eigenvalue weighted by atomic mass is 9.89. The van der Waals surface area contributed by atoms with Crippen LogP contribution in [0, 0.1) is 0 Å². The number of esters is 1. The number of halogens is 1. The number of carbonyl (C=O) groups excluding carboxylic acids is 2. The number of hydrogen-bond donors (Lipinski definition) is 0. The number of ether oxygens (including phenoxy) is 1. The summed E-state index contributed by atoms with van der Waals surface area (Å²) in [5, 5.41) is 0.341. The van der Waals surface area contributed by atoms with Crippen molar-refractivity contribution >= 4 is 23.4 Å². The predicted octanol–water partition coefficient (Wildman–Crippen LogP) is 2.96. The minimum Gasteiger partial charge on any atom is -0.460 e. The van der Waals surface area contributed by atoms with Gasteiger partial charge in [-0.2, -0.15) is 0 Å². The first-order valence-electron chi connectivity index (χ1n) is 6.16. The zero-order valence-corrected chi connectivity index (χ0v) is 11.0. The highest BCUT2D eigenvalue weighted by atomic mass is 35.5. The first-order valence-corrected chi connectivity index (χ1v) is 6.54. The summed E-state index contributed by atoms with van der Waals surface area (Å²) in [5.41, 5.74) is 2.57. The zero-order chi connectivity index (χ0) is 13.1. The molecule has 1 aliphatic carbocycles. The van der Waals surface area contributed by atoms with Crippen LogP contribution in [0.3, 0.4) is 0 Å². The van der Waals surface area contributed by atoms with E-state index < -0.39 is 11.8 Å². The fourth-order valence-corrected chi connectivity index (χ4v) is 2.51. The summed E-state index contributed by atoms with van der Waals surface area (Å²) in [7, 11) is 0. The molecule has 18 heavy (non-hydrogen) atoms. The van der Waals surface area contributed by atoms with E-state index in [1.807, 2.05) is 6.07 Å². The second-order valence-corrected chi connectivity index (χ2v) is 4.76. The minimum atomic E-state index is -0.838. The Bertz CT molecular complexity index is 494. The second kappa shape index (κ2) is 5.53. The maximum Gasteiger partial charge on any atom is 0.379 e. The van der Waals surface area contributed by atoms with E-state index in [9.17, 15) is 9.59 Å². The highest BCUT2D eigenvalue weighted by Crippen LogP contribution is 2.28. The van der Waals surface area contributed by atoms with E-state index in [0.29, 0.717) is 5.02 Å². The number of benzene rings is 1. The molecule has 3 nitrogen and oxygen atoms in total. The zero-order valence-electron chi connectivity index (χ0n) is 10.3. The van der Waals surface area contributed by atoms with Crippen molar-refractivity contribution in [3.63, 3.8) is 0 Å². The molecule has 0 radical (unpaired) electrons. The van der Waals surface area contributed by atoms with Gasteiger partial charge in [-0.15, -0.1) is 0 Å². The molecule has 1 aromatic rings. The lowest BCUT2D eigenvalue weighted by Gasteiger charge is -2.17. The Labute approximate surface area is 111 Å². The molecule has 0 atom stereocenters. The van der Waals surface area contributed by atoms with Crippen molar-refractivity contribution in [3.8, 4) is 0 Å². The van der Waals surface area contributed by atoms with Gasteiger partial charge in [-0.1, -0.05) is 11.6 Å². The molecule has 0 amide bonds. The van der Waals surface area contributed by atoms with Gasteiger partial charge in [-0.05, 0) is 55.9 Å². The molecule has 0 aliphatic heterocycles. The summed E-state index contributed by atoms with van der Waals surface area (Å²) in [6, 6.07) is 3.55. The quantitative estimate of drug-likeness (QED) is 0.480. The number of Topliss-reactive ketones (excluding diaryl/α,β-unsaturated/α-hetero) is 1. The summed E-state index contributed by atoms with van der Waals surface area (Å²) in [6.45, 7) is 1.85. The van der Waals surface area contributed by atoms with E-state index >= 15 is 0 Å². The Balaban J connectivity index is 2.33. The van der Waals surface area contributed by atoms with Gasteiger partial charge in [0, 0.05) is 5.56 Å². The van der Waals surface area contributed by atoms with Crippen molar-refractivity contribution in [1.29, 1.82) is 0 Å². The number of hydrogen-bond acceptors (Lipinski definition) is 3. The molecule has 1 aromatic carbocycles. The van der Waals surface area contributed by atoms with Crippen molar-refractivity contribution in [2.24, 2.45) is 0 Å². The number of aryl methyl sites for hydroxylation is 2. The number of rotatable bonds is 3. The van der Waals surface area contributed by atoms with Crippen LogP contribution in [0.1, 0.15) is 41.3 Å². The van der Waals surface area contributed by atoms with Crippen molar-refractivity contribution in [2.45, 2.75) is 32.6 Å². The molecule has 1 aliphatic rings. The first kappa shape index (κ1) is 13.1. The number of carbonyl (C=O) groups is 2. The van der Waals surface area contributed by atoms with Crippen LogP contribution in [0.4, 0.5) is 0 Å². The van der Waals surface area contributed by atoms with Crippen LogP contribution in [0.25, 0.3) is 0 Å². The van der Waals surface area contributed by atoms with Gasteiger partial charge in [0.2, 0.25) is 0 Å². The molecule has 96 valence electrons. The number of fused-ring (bicyclic) bond motifs is 1. The van der Waals surface area contributed by atoms with Crippen molar-refractivity contribution < 1.29 is 14.3 Å².